The quantitative estimate of drug-likeness (QED) is 0.295. The monoisotopic (exact) mass is 469 g/mol. The maximum absolute atomic E-state index is 5.69. The second-order valence-corrected chi connectivity index (χ2v) is 5.70. The molecular formula is C19H24IN3O3. The number of benzene rings is 2. The maximum atomic E-state index is 5.69. The first-order valence-corrected chi connectivity index (χ1v) is 8.27. The van der Waals surface area contributed by atoms with Gasteiger partial charge in [-0.05, 0) is 36.8 Å². The van der Waals surface area contributed by atoms with Crippen LogP contribution in [-0.2, 0) is 6.54 Å². The third-order valence-corrected chi connectivity index (χ3v) is 3.80. The number of guanidine groups is 1. The summed E-state index contributed by atoms with van der Waals surface area (Å²) < 4.78 is 16.4. The van der Waals surface area contributed by atoms with Crippen molar-refractivity contribution in [3.8, 4) is 17.2 Å². The van der Waals surface area contributed by atoms with Crippen molar-refractivity contribution in [2.45, 2.75) is 13.5 Å². The molecule has 140 valence electrons. The molecule has 7 heteroatoms. The molecule has 2 aromatic rings. The highest BCUT2D eigenvalue weighted by atomic mass is 127. The molecule has 0 saturated heterocycles. The van der Waals surface area contributed by atoms with Gasteiger partial charge in [-0.15, -0.1) is 24.0 Å². The lowest BCUT2D eigenvalue weighted by Crippen LogP contribution is -2.38. The fourth-order valence-electron chi connectivity index (χ4n) is 2.43. The lowest BCUT2D eigenvalue weighted by Gasteiger charge is -2.13. The van der Waals surface area contributed by atoms with E-state index in [4.69, 9.17) is 14.2 Å². The Bertz CT molecular complexity index is 735. The van der Waals surface area contributed by atoms with E-state index in [1.807, 2.05) is 42.5 Å². The van der Waals surface area contributed by atoms with Crippen molar-refractivity contribution in [1.29, 1.82) is 0 Å². The summed E-state index contributed by atoms with van der Waals surface area (Å²) in [7, 11) is 1.75. The first kappa shape index (κ1) is 20.2. The Morgan fingerprint density at radius 2 is 1.85 bits per heavy atom. The fraction of sp³-hybridized carbons (Fsp3) is 0.316. The van der Waals surface area contributed by atoms with Crippen molar-refractivity contribution < 1.29 is 14.2 Å². The maximum Gasteiger partial charge on any atom is 0.231 e. The molecule has 0 radical (unpaired) electrons. The number of aryl methyl sites for hydroxylation is 1. The minimum atomic E-state index is 0. The van der Waals surface area contributed by atoms with Gasteiger partial charge in [0, 0.05) is 13.6 Å². The van der Waals surface area contributed by atoms with Gasteiger partial charge in [-0.1, -0.05) is 23.8 Å². The van der Waals surface area contributed by atoms with E-state index in [-0.39, 0.29) is 30.8 Å². The van der Waals surface area contributed by atoms with E-state index in [0.29, 0.717) is 19.7 Å². The van der Waals surface area contributed by atoms with Crippen LogP contribution in [0, 0.1) is 6.92 Å². The van der Waals surface area contributed by atoms with Crippen LogP contribution in [0.15, 0.2) is 47.5 Å². The summed E-state index contributed by atoms with van der Waals surface area (Å²) in [5.74, 6) is 3.18. The highest BCUT2D eigenvalue weighted by Gasteiger charge is 2.13. The van der Waals surface area contributed by atoms with Gasteiger partial charge in [0.2, 0.25) is 6.79 Å². The molecule has 6 nitrogen and oxygen atoms in total. The molecule has 1 aliphatic heterocycles. The van der Waals surface area contributed by atoms with Crippen LogP contribution in [0.25, 0.3) is 0 Å². The molecule has 1 aliphatic rings. The van der Waals surface area contributed by atoms with Crippen molar-refractivity contribution >= 4 is 29.9 Å². The highest BCUT2D eigenvalue weighted by molar-refractivity contribution is 14.0. The lowest BCUT2D eigenvalue weighted by atomic mass is 10.2. The van der Waals surface area contributed by atoms with Gasteiger partial charge in [0.05, 0.1) is 6.54 Å². The van der Waals surface area contributed by atoms with Crippen LogP contribution in [0.2, 0.25) is 0 Å². The van der Waals surface area contributed by atoms with E-state index in [2.05, 4.69) is 22.5 Å². The van der Waals surface area contributed by atoms with Gasteiger partial charge < -0.3 is 24.8 Å². The number of hydrogen-bond donors (Lipinski definition) is 2. The smallest absolute Gasteiger partial charge is 0.231 e. The molecule has 0 atom stereocenters. The summed E-state index contributed by atoms with van der Waals surface area (Å²) >= 11 is 0. The first-order chi connectivity index (χ1) is 12.2. The molecule has 0 bridgehead atoms. The predicted molar refractivity (Wildman–Crippen MR) is 113 cm³/mol. The summed E-state index contributed by atoms with van der Waals surface area (Å²) in [6.45, 7) is 4.22. The average Bonchev–Trinajstić information content (AvgIpc) is 3.10. The zero-order valence-corrected chi connectivity index (χ0v) is 17.3. The number of nitrogens with zero attached hydrogens (tertiary/aromatic N) is 1. The number of rotatable bonds is 6. The van der Waals surface area contributed by atoms with E-state index < -0.39 is 0 Å². The van der Waals surface area contributed by atoms with Gasteiger partial charge in [0.1, 0.15) is 12.4 Å². The Balaban J connectivity index is 0.00000243. The van der Waals surface area contributed by atoms with Crippen LogP contribution in [0.1, 0.15) is 11.1 Å². The van der Waals surface area contributed by atoms with Crippen molar-refractivity contribution in [1.82, 2.24) is 10.6 Å². The second-order valence-electron chi connectivity index (χ2n) is 5.70. The standard InChI is InChI=1S/C19H23N3O3.HI/c1-14-3-6-16(7-4-14)23-10-9-21-19(20-2)22-12-15-5-8-17-18(11-15)25-13-24-17;/h3-8,11H,9-10,12-13H2,1-2H3,(H2,20,21,22);1H. The molecule has 26 heavy (non-hydrogen) atoms. The number of halogens is 1. The Labute approximate surface area is 171 Å². The van der Waals surface area contributed by atoms with Crippen molar-refractivity contribution in [2.75, 3.05) is 27.0 Å². The van der Waals surface area contributed by atoms with E-state index in [0.717, 1.165) is 28.8 Å². The molecule has 2 N–H and O–H groups in total. The van der Waals surface area contributed by atoms with Crippen molar-refractivity contribution in [3.05, 3.63) is 53.6 Å². The third-order valence-electron chi connectivity index (χ3n) is 3.80. The van der Waals surface area contributed by atoms with Crippen molar-refractivity contribution in [3.63, 3.8) is 0 Å². The van der Waals surface area contributed by atoms with Gasteiger partial charge in [-0.2, -0.15) is 0 Å². The second kappa shape index (κ2) is 10.1. The Hall–Kier alpha value is -2.16. The van der Waals surface area contributed by atoms with Crippen molar-refractivity contribution in [2.24, 2.45) is 4.99 Å². The zero-order chi connectivity index (χ0) is 17.5. The normalized spacial score (nSPS) is 12.3. The van der Waals surface area contributed by atoms with Crippen LogP contribution in [0.5, 0.6) is 17.2 Å². The Morgan fingerprint density at radius 1 is 1.08 bits per heavy atom. The van der Waals surface area contributed by atoms with Crippen LogP contribution in [-0.4, -0.2) is 33.0 Å². The summed E-state index contributed by atoms with van der Waals surface area (Å²) in [6.07, 6.45) is 0. The van der Waals surface area contributed by atoms with Gasteiger partial charge in [0.15, 0.2) is 17.5 Å². The van der Waals surface area contributed by atoms with Crippen LogP contribution >= 0.6 is 24.0 Å². The zero-order valence-electron chi connectivity index (χ0n) is 15.0. The molecule has 0 spiro atoms. The fourth-order valence-corrected chi connectivity index (χ4v) is 2.43. The van der Waals surface area contributed by atoms with Gasteiger partial charge in [-0.3, -0.25) is 4.99 Å². The lowest BCUT2D eigenvalue weighted by molar-refractivity contribution is 0.174. The molecule has 0 amide bonds. The first-order valence-electron chi connectivity index (χ1n) is 8.27. The highest BCUT2D eigenvalue weighted by Crippen LogP contribution is 2.32. The minimum absolute atomic E-state index is 0. The Morgan fingerprint density at radius 3 is 2.62 bits per heavy atom. The number of nitrogens with one attached hydrogen (secondary N) is 2. The summed E-state index contributed by atoms with van der Waals surface area (Å²) in [5.41, 5.74) is 2.32. The van der Waals surface area contributed by atoms with E-state index in [1.165, 1.54) is 5.56 Å². The number of aliphatic imine (C=N–C) groups is 1. The van der Waals surface area contributed by atoms with Crippen LogP contribution in [0.3, 0.4) is 0 Å². The van der Waals surface area contributed by atoms with Gasteiger partial charge >= 0.3 is 0 Å². The van der Waals surface area contributed by atoms with Gasteiger partial charge in [0.25, 0.3) is 0 Å². The minimum Gasteiger partial charge on any atom is -0.492 e. The number of hydrogen-bond acceptors (Lipinski definition) is 4. The molecular weight excluding hydrogens is 445 g/mol. The summed E-state index contributed by atoms with van der Waals surface area (Å²) in [5, 5.41) is 6.50. The summed E-state index contributed by atoms with van der Waals surface area (Å²) in [4.78, 5) is 4.21. The number of ether oxygens (including phenoxy) is 3. The van der Waals surface area contributed by atoms with Crippen LogP contribution < -0.4 is 24.8 Å². The van der Waals surface area contributed by atoms with E-state index in [1.54, 1.807) is 7.05 Å². The largest absolute Gasteiger partial charge is 0.492 e. The predicted octanol–water partition coefficient (Wildman–Crippen LogP) is 3.09. The molecule has 0 fully saturated rings. The van der Waals surface area contributed by atoms with E-state index >= 15 is 0 Å². The molecule has 0 aliphatic carbocycles. The Kier molecular flexibility index (Phi) is 7.83. The molecule has 1 heterocycles. The average molecular weight is 469 g/mol. The molecule has 3 rings (SSSR count). The van der Waals surface area contributed by atoms with E-state index in [9.17, 15) is 0 Å². The van der Waals surface area contributed by atoms with Gasteiger partial charge in [-0.25, -0.2) is 0 Å². The number of fused-ring (bicyclic) bond motifs is 1. The third kappa shape index (κ3) is 5.69. The SMILES string of the molecule is CN=C(NCCOc1ccc(C)cc1)NCc1ccc2c(c1)OCO2.I. The molecule has 0 aromatic heterocycles. The molecule has 2 aromatic carbocycles. The topological polar surface area (TPSA) is 64.1 Å². The van der Waals surface area contributed by atoms with Crippen LogP contribution in [0.4, 0.5) is 0 Å². The molecule has 0 unspecified atom stereocenters. The molecule has 0 saturated carbocycles. The summed E-state index contributed by atoms with van der Waals surface area (Å²) in [6, 6.07) is 13.9.